The lowest BCUT2D eigenvalue weighted by atomic mass is 9.85. The van der Waals surface area contributed by atoms with Crippen LogP contribution in [0.25, 0.3) is 0 Å². The molecule has 4 nitrogen and oxygen atoms in total. The summed E-state index contributed by atoms with van der Waals surface area (Å²) in [5, 5.41) is 5.23. The molecule has 1 aromatic carbocycles. The Kier molecular flexibility index (Phi) is 5.28. The second-order valence-corrected chi connectivity index (χ2v) is 5.84. The number of carbonyl (C=O) groups is 2. The maximum atomic E-state index is 12.8. The fourth-order valence-corrected chi connectivity index (χ4v) is 2.83. The summed E-state index contributed by atoms with van der Waals surface area (Å²) >= 11 is 0. The first-order valence-corrected chi connectivity index (χ1v) is 7.51. The predicted octanol–water partition coefficient (Wildman–Crippen LogP) is 3.50. The fraction of sp³-hybridized carbons (Fsp3) is 0.500. The van der Waals surface area contributed by atoms with E-state index >= 15 is 0 Å². The van der Waals surface area contributed by atoms with E-state index in [-0.39, 0.29) is 18.7 Å². The van der Waals surface area contributed by atoms with Crippen molar-refractivity contribution >= 4 is 17.5 Å². The van der Waals surface area contributed by atoms with Gasteiger partial charge in [-0.15, -0.1) is 0 Å². The fourth-order valence-electron chi connectivity index (χ4n) is 2.83. The highest BCUT2D eigenvalue weighted by Crippen LogP contribution is 2.37. The molecule has 7 heteroatoms. The molecule has 2 atom stereocenters. The van der Waals surface area contributed by atoms with Gasteiger partial charge in [0.05, 0.1) is 5.92 Å². The lowest BCUT2D eigenvalue weighted by Crippen LogP contribution is -2.41. The highest BCUT2D eigenvalue weighted by atomic mass is 19.4. The van der Waals surface area contributed by atoms with E-state index in [1.807, 2.05) is 0 Å². The number of alkyl halides is 3. The molecule has 1 saturated carbocycles. The molecular weight excluding hydrogens is 309 g/mol. The van der Waals surface area contributed by atoms with Gasteiger partial charge in [-0.25, -0.2) is 0 Å². The van der Waals surface area contributed by atoms with E-state index in [1.54, 1.807) is 18.2 Å². The van der Waals surface area contributed by atoms with Crippen molar-refractivity contribution in [2.45, 2.75) is 44.8 Å². The Hall–Kier alpha value is -2.05. The molecule has 126 valence electrons. The molecular formula is C16H19F3N2O2. The van der Waals surface area contributed by atoms with Gasteiger partial charge < -0.3 is 10.6 Å². The molecule has 2 rings (SSSR count). The number of carbonyl (C=O) groups excluding carboxylic acids is 2. The first-order valence-electron chi connectivity index (χ1n) is 7.51. The zero-order valence-electron chi connectivity index (χ0n) is 12.7. The topological polar surface area (TPSA) is 58.2 Å². The SMILES string of the molecule is CC(=O)Nc1cccc(C(=O)NC2CCCC(C(F)(F)F)C2)c1. The summed E-state index contributed by atoms with van der Waals surface area (Å²) < 4.78 is 38.4. The Morgan fingerprint density at radius 1 is 1.22 bits per heavy atom. The van der Waals surface area contributed by atoms with Crippen LogP contribution in [0.2, 0.25) is 0 Å². The van der Waals surface area contributed by atoms with Crippen LogP contribution in [0.1, 0.15) is 43.0 Å². The predicted molar refractivity (Wildman–Crippen MR) is 80.0 cm³/mol. The molecule has 23 heavy (non-hydrogen) atoms. The van der Waals surface area contributed by atoms with Crippen molar-refractivity contribution < 1.29 is 22.8 Å². The average Bonchev–Trinajstić information content (AvgIpc) is 2.46. The zero-order chi connectivity index (χ0) is 17.0. The largest absolute Gasteiger partial charge is 0.391 e. The highest BCUT2D eigenvalue weighted by molar-refractivity contribution is 5.96. The van der Waals surface area contributed by atoms with Crippen LogP contribution in [0.15, 0.2) is 24.3 Å². The summed E-state index contributed by atoms with van der Waals surface area (Å²) in [7, 11) is 0. The number of amides is 2. The van der Waals surface area contributed by atoms with Crippen LogP contribution in [-0.4, -0.2) is 24.0 Å². The molecule has 2 amide bonds. The number of halogens is 3. The lowest BCUT2D eigenvalue weighted by molar-refractivity contribution is -0.183. The quantitative estimate of drug-likeness (QED) is 0.892. The second kappa shape index (κ2) is 7.02. The number of hydrogen-bond acceptors (Lipinski definition) is 2. The van der Waals surface area contributed by atoms with Crippen LogP contribution >= 0.6 is 0 Å². The van der Waals surface area contributed by atoms with Gasteiger partial charge in [-0.2, -0.15) is 13.2 Å². The molecule has 1 fully saturated rings. The zero-order valence-corrected chi connectivity index (χ0v) is 12.7. The van der Waals surface area contributed by atoms with Crippen molar-refractivity contribution in [3.05, 3.63) is 29.8 Å². The van der Waals surface area contributed by atoms with Gasteiger partial charge >= 0.3 is 6.18 Å². The summed E-state index contributed by atoms with van der Waals surface area (Å²) in [6.07, 6.45) is -3.19. The van der Waals surface area contributed by atoms with E-state index in [9.17, 15) is 22.8 Å². The Labute approximate surface area is 132 Å². The Bertz CT molecular complexity index is 587. The van der Waals surface area contributed by atoms with Crippen molar-refractivity contribution in [2.24, 2.45) is 5.92 Å². The molecule has 1 aromatic rings. The van der Waals surface area contributed by atoms with E-state index in [2.05, 4.69) is 10.6 Å². The number of anilines is 1. The third-order valence-electron chi connectivity index (χ3n) is 3.92. The smallest absolute Gasteiger partial charge is 0.349 e. The van der Waals surface area contributed by atoms with Gasteiger partial charge in [-0.05, 0) is 37.5 Å². The summed E-state index contributed by atoms with van der Waals surface area (Å²) in [5.41, 5.74) is 0.785. The first kappa shape index (κ1) is 17.3. The van der Waals surface area contributed by atoms with Gasteiger partial charge in [-0.3, -0.25) is 9.59 Å². The first-order chi connectivity index (χ1) is 10.8. The maximum Gasteiger partial charge on any atom is 0.391 e. The summed E-state index contributed by atoms with van der Waals surface area (Å²) in [6, 6.07) is 5.83. The third-order valence-corrected chi connectivity index (χ3v) is 3.92. The summed E-state index contributed by atoms with van der Waals surface area (Å²) in [5.74, 6) is -2.04. The van der Waals surface area contributed by atoms with E-state index in [4.69, 9.17) is 0 Å². The number of benzene rings is 1. The van der Waals surface area contributed by atoms with E-state index in [0.717, 1.165) is 0 Å². The molecule has 0 aliphatic heterocycles. The molecule has 0 saturated heterocycles. The Balaban J connectivity index is 2.00. The van der Waals surface area contributed by atoms with Crippen molar-refractivity contribution in [3.63, 3.8) is 0 Å². The van der Waals surface area contributed by atoms with Gasteiger partial charge in [0.2, 0.25) is 5.91 Å². The van der Waals surface area contributed by atoms with Crippen LogP contribution in [0, 0.1) is 5.92 Å². The minimum absolute atomic E-state index is 0.0827. The number of hydrogen-bond donors (Lipinski definition) is 2. The molecule has 0 radical (unpaired) electrons. The van der Waals surface area contributed by atoms with Gasteiger partial charge in [0.25, 0.3) is 5.91 Å². The van der Waals surface area contributed by atoms with Crippen molar-refractivity contribution in [1.29, 1.82) is 0 Å². The molecule has 0 heterocycles. The van der Waals surface area contributed by atoms with Crippen LogP contribution in [-0.2, 0) is 4.79 Å². The van der Waals surface area contributed by atoms with Crippen molar-refractivity contribution in [2.75, 3.05) is 5.32 Å². The Morgan fingerprint density at radius 3 is 2.61 bits per heavy atom. The van der Waals surface area contributed by atoms with Gasteiger partial charge in [0, 0.05) is 24.2 Å². The van der Waals surface area contributed by atoms with Crippen LogP contribution < -0.4 is 10.6 Å². The third kappa shape index (κ3) is 4.97. The van der Waals surface area contributed by atoms with Gasteiger partial charge in [0.15, 0.2) is 0 Å². The monoisotopic (exact) mass is 328 g/mol. The van der Waals surface area contributed by atoms with Crippen molar-refractivity contribution in [3.8, 4) is 0 Å². The van der Waals surface area contributed by atoms with E-state index < -0.39 is 24.0 Å². The number of rotatable bonds is 3. The molecule has 0 bridgehead atoms. The second-order valence-electron chi connectivity index (χ2n) is 5.84. The number of nitrogens with one attached hydrogen (secondary N) is 2. The molecule has 1 aliphatic carbocycles. The summed E-state index contributed by atoms with van der Waals surface area (Å²) in [4.78, 5) is 23.2. The normalized spacial score (nSPS) is 21.6. The van der Waals surface area contributed by atoms with Gasteiger partial charge in [-0.1, -0.05) is 12.5 Å². The van der Waals surface area contributed by atoms with Crippen LogP contribution in [0.3, 0.4) is 0 Å². The molecule has 1 aliphatic rings. The standard InChI is InChI=1S/C16H19F3N2O2/c1-10(22)20-13-6-2-4-11(8-13)15(23)21-14-7-3-5-12(9-14)16(17,18)19/h2,4,6,8,12,14H,3,5,7,9H2,1H3,(H,20,22)(H,21,23). The molecule has 2 unspecified atom stereocenters. The average molecular weight is 328 g/mol. The lowest BCUT2D eigenvalue weighted by Gasteiger charge is -2.31. The van der Waals surface area contributed by atoms with Crippen molar-refractivity contribution in [1.82, 2.24) is 5.32 Å². The minimum Gasteiger partial charge on any atom is -0.349 e. The highest BCUT2D eigenvalue weighted by Gasteiger charge is 2.42. The maximum absolute atomic E-state index is 12.8. The van der Waals surface area contributed by atoms with Gasteiger partial charge in [0.1, 0.15) is 0 Å². The molecule has 0 spiro atoms. The van der Waals surface area contributed by atoms with E-state index in [0.29, 0.717) is 24.1 Å². The summed E-state index contributed by atoms with van der Waals surface area (Å²) in [6.45, 7) is 1.35. The Morgan fingerprint density at radius 2 is 1.96 bits per heavy atom. The molecule has 0 aromatic heterocycles. The van der Waals surface area contributed by atoms with Crippen LogP contribution in [0.4, 0.5) is 18.9 Å². The minimum atomic E-state index is -4.21. The molecule has 2 N–H and O–H groups in total. The van der Waals surface area contributed by atoms with E-state index in [1.165, 1.54) is 13.0 Å². The van der Waals surface area contributed by atoms with Crippen LogP contribution in [0.5, 0.6) is 0 Å².